The van der Waals surface area contributed by atoms with Crippen LogP contribution in [-0.2, 0) is 0 Å². The first-order valence-corrected chi connectivity index (χ1v) is 6.35. The second-order valence-electron chi connectivity index (χ2n) is 4.91. The Kier molecular flexibility index (Phi) is 3.20. The van der Waals surface area contributed by atoms with Crippen LogP contribution in [0.25, 0.3) is 0 Å². The van der Waals surface area contributed by atoms with E-state index in [0.717, 1.165) is 37.8 Å². The van der Waals surface area contributed by atoms with Crippen LogP contribution < -0.4 is 10.2 Å². The van der Waals surface area contributed by atoms with Crippen molar-refractivity contribution in [1.82, 2.24) is 20.2 Å². The summed E-state index contributed by atoms with van der Waals surface area (Å²) in [4.78, 5) is 13.1. The van der Waals surface area contributed by atoms with Gasteiger partial charge in [-0.3, -0.25) is 4.90 Å². The van der Waals surface area contributed by atoms with Gasteiger partial charge < -0.3 is 10.2 Å². The van der Waals surface area contributed by atoms with Gasteiger partial charge in [0.1, 0.15) is 6.33 Å². The van der Waals surface area contributed by atoms with E-state index in [-0.39, 0.29) is 0 Å². The minimum absolute atomic E-state index is 0.876. The highest BCUT2D eigenvalue weighted by Gasteiger charge is 2.23. The van der Waals surface area contributed by atoms with Crippen LogP contribution in [-0.4, -0.2) is 60.7 Å². The standard InChI is InChI=1S/C12H19N5/c1-3-17(12-7-14-10-15-8-12)4-2-16(1)9-11-5-13-6-11/h7-8,10-11,13H,1-6,9H2. The zero-order valence-electron chi connectivity index (χ0n) is 10.0. The minimum atomic E-state index is 0.876. The maximum absolute atomic E-state index is 4.08. The SMILES string of the molecule is c1ncc(N2CCN(CC3CNC3)CC2)cn1. The van der Waals surface area contributed by atoms with Crippen LogP contribution in [0.2, 0.25) is 0 Å². The summed E-state index contributed by atoms with van der Waals surface area (Å²) >= 11 is 0. The summed E-state index contributed by atoms with van der Waals surface area (Å²) in [5.41, 5.74) is 1.15. The number of piperazine rings is 1. The molecule has 1 aromatic rings. The van der Waals surface area contributed by atoms with Gasteiger partial charge in [0.25, 0.3) is 0 Å². The van der Waals surface area contributed by atoms with Crippen molar-refractivity contribution in [3.63, 3.8) is 0 Å². The summed E-state index contributed by atoms with van der Waals surface area (Å²) in [7, 11) is 0. The predicted molar refractivity (Wildman–Crippen MR) is 67.0 cm³/mol. The Balaban J connectivity index is 1.50. The fourth-order valence-corrected chi connectivity index (χ4v) is 2.49. The Hall–Kier alpha value is -1.20. The molecule has 0 amide bonds. The molecule has 2 aliphatic rings. The Morgan fingerprint density at radius 2 is 1.82 bits per heavy atom. The summed E-state index contributed by atoms with van der Waals surface area (Å²) in [6.07, 6.45) is 5.39. The van der Waals surface area contributed by atoms with Gasteiger partial charge >= 0.3 is 0 Å². The van der Waals surface area contributed by atoms with Crippen molar-refractivity contribution < 1.29 is 0 Å². The van der Waals surface area contributed by atoms with Gasteiger partial charge in [0.2, 0.25) is 0 Å². The van der Waals surface area contributed by atoms with Crippen molar-refractivity contribution in [2.45, 2.75) is 0 Å². The van der Waals surface area contributed by atoms with Crippen molar-refractivity contribution in [2.75, 3.05) is 50.7 Å². The Morgan fingerprint density at radius 1 is 1.12 bits per heavy atom. The molecule has 0 unspecified atom stereocenters. The number of aromatic nitrogens is 2. The van der Waals surface area contributed by atoms with E-state index in [1.807, 2.05) is 12.4 Å². The molecule has 1 N–H and O–H groups in total. The molecule has 0 spiro atoms. The van der Waals surface area contributed by atoms with E-state index in [1.165, 1.54) is 19.6 Å². The molecule has 2 saturated heterocycles. The van der Waals surface area contributed by atoms with Gasteiger partial charge in [0.05, 0.1) is 18.1 Å². The molecule has 92 valence electrons. The summed E-state index contributed by atoms with van der Waals surface area (Å²) in [5.74, 6) is 0.876. The number of anilines is 1. The Bertz CT molecular complexity index is 343. The molecule has 0 aromatic carbocycles. The largest absolute Gasteiger partial charge is 0.366 e. The molecule has 17 heavy (non-hydrogen) atoms. The highest BCUT2D eigenvalue weighted by molar-refractivity contribution is 5.41. The summed E-state index contributed by atoms with van der Waals surface area (Å²) in [6, 6.07) is 0. The molecule has 0 radical (unpaired) electrons. The van der Waals surface area contributed by atoms with Crippen molar-refractivity contribution in [3.05, 3.63) is 18.7 Å². The fraction of sp³-hybridized carbons (Fsp3) is 0.667. The third-order valence-corrected chi connectivity index (χ3v) is 3.67. The molecule has 3 rings (SSSR count). The second-order valence-corrected chi connectivity index (χ2v) is 4.91. The topological polar surface area (TPSA) is 44.3 Å². The van der Waals surface area contributed by atoms with Gasteiger partial charge in [0, 0.05) is 45.8 Å². The molecular weight excluding hydrogens is 214 g/mol. The maximum atomic E-state index is 4.08. The molecule has 2 aliphatic heterocycles. The maximum Gasteiger partial charge on any atom is 0.115 e. The third kappa shape index (κ3) is 2.56. The monoisotopic (exact) mass is 233 g/mol. The molecule has 0 aliphatic carbocycles. The van der Waals surface area contributed by atoms with Crippen molar-refractivity contribution >= 4 is 5.69 Å². The molecule has 0 saturated carbocycles. The van der Waals surface area contributed by atoms with Crippen molar-refractivity contribution in [1.29, 1.82) is 0 Å². The van der Waals surface area contributed by atoms with Crippen molar-refractivity contribution in [3.8, 4) is 0 Å². The molecule has 2 fully saturated rings. The van der Waals surface area contributed by atoms with E-state index in [0.29, 0.717) is 0 Å². The summed E-state index contributed by atoms with van der Waals surface area (Å²) in [6.45, 7) is 8.16. The Labute approximate surface area is 102 Å². The van der Waals surface area contributed by atoms with E-state index >= 15 is 0 Å². The number of nitrogens with one attached hydrogen (secondary N) is 1. The van der Waals surface area contributed by atoms with Gasteiger partial charge in [-0.05, 0) is 5.92 Å². The zero-order chi connectivity index (χ0) is 11.5. The lowest BCUT2D eigenvalue weighted by atomic mass is 10.0. The molecule has 0 bridgehead atoms. The quantitative estimate of drug-likeness (QED) is 0.784. The van der Waals surface area contributed by atoms with E-state index in [4.69, 9.17) is 0 Å². The van der Waals surface area contributed by atoms with E-state index in [2.05, 4.69) is 25.1 Å². The highest BCUT2D eigenvalue weighted by atomic mass is 15.3. The molecule has 1 aromatic heterocycles. The van der Waals surface area contributed by atoms with Crippen LogP contribution >= 0.6 is 0 Å². The fourth-order valence-electron chi connectivity index (χ4n) is 2.49. The van der Waals surface area contributed by atoms with E-state index in [9.17, 15) is 0 Å². The van der Waals surface area contributed by atoms with Crippen LogP contribution in [0, 0.1) is 5.92 Å². The lowest BCUT2D eigenvalue weighted by Crippen LogP contribution is -2.53. The van der Waals surface area contributed by atoms with Crippen LogP contribution in [0.3, 0.4) is 0 Å². The first kappa shape index (κ1) is 10.9. The van der Waals surface area contributed by atoms with Crippen LogP contribution in [0.1, 0.15) is 0 Å². The first-order valence-electron chi connectivity index (χ1n) is 6.35. The number of hydrogen-bond donors (Lipinski definition) is 1. The van der Waals surface area contributed by atoms with Gasteiger partial charge in [-0.15, -0.1) is 0 Å². The second kappa shape index (κ2) is 4.98. The minimum Gasteiger partial charge on any atom is -0.366 e. The van der Waals surface area contributed by atoms with E-state index < -0.39 is 0 Å². The van der Waals surface area contributed by atoms with Gasteiger partial charge in [-0.1, -0.05) is 0 Å². The average Bonchev–Trinajstić information content (AvgIpc) is 2.36. The highest BCUT2D eigenvalue weighted by Crippen LogP contribution is 2.14. The number of rotatable bonds is 3. The van der Waals surface area contributed by atoms with E-state index in [1.54, 1.807) is 6.33 Å². The van der Waals surface area contributed by atoms with Crippen molar-refractivity contribution in [2.24, 2.45) is 5.92 Å². The van der Waals surface area contributed by atoms with Gasteiger partial charge in [-0.2, -0.15) is 0 Å². The van der Waals surface area contributed by atoms with Crippen LogP contribution in [0.5, 0.6) is 0 Å². The summed E-state index contributed by atoms with van der Waals surface area (Å²) in [5, 5.41) is 3.33. The smallest absolute Gasteiger partial charge is 0.115 e. The number of nitrogens with zero attached hydrogens (tertiary/aromatic N) is 4. The first-order chi connectivity index (χ1) is 8.42. The molecular formula is C12H19N5. The molecule has 5 heteroatoms. The lowest BCUT2D eigenvalue weighted by Gasteiger charge is -2.39. The predicted octanol–water partition coefficient (Wildman–Crippen LogP) is -0.182. The third-order valence-electron chi connectivity index (χ3n) is 3.67. The van der Waals surface area contributed by atoms with Crippen LogP contribution in [0.15, 0.2) is 18.7 Å². The lowest BCUT2D eigenvalue weighted by molar-refractivity contribution is 0.184. The van der Waals surface area contributed by atoms with Gasteiger partial charge in [-0.25, -0.2) is 9.97 Å². The van der Waals surface area contributed by atoms with Gasteiger partial charge in [0.15, 0.2) is 0 Å². The molecule has 5 nitrogen and oxygen atoms in total. The normalized spacial score (nSPS) is 22.5. The average molecular weight is 233 g/mol. The van der Waals surface area contributed by atoms with Crippen LogP contribution in [0.4, 0.5) is 5.69 Å². The Morgan fingerprint density at radius 3 is 2.41 bits per heavy atom. The zero-order valence-corrected chi connectivity index (χ0v) is 10.0. The summed E-state index contributed by atoms with van der Waals surface area (Å²) < 4.78 is 0. The molecule has 0 atom stereocenters. The number of hydrogen-bond acceptors (Lipinski definition) is 5. The molecule has 3 heterocycles.